The first-order valence-electron chi connectivity index (χ1n) is 11.0. The molecule has 2 heterocycles. The van der Waals surface area contributed by atoms with Gasteiger partial charge in [-0.05, 0) is 49.5 Å². The number of hydrogen-bond donors (Lipinski definition) is 1. The number of Topliss-reactive ketones (excluding diaryl/α,β-unsaturated/α-hetero) is 1. The molecule has 1 aliphatic carbocycles. The zero-order valence-corrected chi connectivity index (χ0v) is 19.2. The second-order valence-electron chi connectivity index (χ2n) is 8.61. The van der Waals surface area contributed by atoms with Gasteiger partial charge in [0.05, 0.1) is 11.1 Å². The van der Waals surface area contributed by atoms with Crippen molar-refractivity contribution in [2.45, 2.75) is 44.7 Å². The van der Waals surface area contributed by atoms with Gasteiger partial charge in [-0.3, -0.25) is 15.2 Å². The Kier molecular flexibility index (Phi) is 6.02. The Labute approximate surface area is 195 Å². The van der Waals surface area contributed by atoms with E-state index in [1.807, 2.05) is 19.1 Å². The van der Waals surface area contributed by atoms with Crippen LogP contribution in [0.5, 0.6) is 0 Å². The second kappa shape index (κ2) is 8.66. The summed E-state index contributed by atoms with van der Waals surface area (Å²) in [6, 6.07) is 10.6. The van der Waals surface area contributed by atoms with E-state index in [2.05, 4.69) is 9.97 Å². The monoisotopic (exact) mass is 466 g/mol. The lowest BCUT2D eigenvalue weighted by atomic mass is 9.73. The van der Waals surface area contributed by atoms with Gasteiger partial charge in [-0.25, -0.2) is 4.98 Å². The molecule has 1 unspecified atom stereocenters. The number of nitrogens with one attached hydrogen (secondary N) is 1. The number of hydrogen-bond acceptors (Lipinski definition) is 4. The van der Waals surface area contributed by atoms with Gasteiger partial charge in [-0.15, -0.1) is 0 Å². The van der Waals surface area contributed by atoms with Crippen LogP contribution in [-0.4, -0.2) is 26.0 Å². The van der Waals surface area contributed by atoms with Crippen LogP contribution in [0.1, 0.15) is 49.2 Å². The summed E-state index contributed by atoms with van der Waals surface area (Å²) >= 11 is 0. The maximum absolute atomic E-state index is 13.0. The molecule has 0 spiro atoms. The lowest BCUT2D eigenvalue weighted by Gasteiger charge is -2.27. The van der Waals surface area contributed by atoms with Gasteiger partial charge < -0.3 is 4.57 Å². The molecule has 0 saturated carbocycles. The van der Waals surface area contributed by atoms with Crippen molar-refractivity contribution in [2.24, 2.45) is 7.05 Å². The van der Waals surface area contributed by atoms with Gasteiger partial charge in [-0.1, -0.05) is 37.3 Å². The normalized spacial score (nSPS) is 18.1. The number of aryl methyl sites for hydroxylation is 2. The van der Waals surface area contributed by atoms with E-state index in [0.717, 1.165) is 28.6 Å². The van der Waals surface area contributed by atoms with Crippen molar-refractivity contribution in [3.63, 3.8) is 0 Å². The van der Waals surface area contributed by atoms with Crippen LogP contribution in [0, 0.1) is 5.41 Å². The molecule has 1 atom stereocenters. The van der Waals surface area contributed by atoms with Crippen molar-refractivity contribution in [1.82, 2.24) is 14.5 Å². The molecular formula is C26H25F3N4O. The number of rotatable bonds is 6. The van der Waals surface area contributed by atoms with E-state index >= 15 is 0 Å². The predicted molar refractivity (Wildman–Crippen MR) is 124 cm³/mol. The number of aromatic nitrogens is 3. The first kappa shape index (κ1) is 23.6. The van der Waals surface area contributed by atoms with Crippen LogP contribution in [0.2, 0.25) is 0 Å². The number of nitrogens with zero attached hydrogens (tertiary/aromatic N) is 3. The van der Waals surface area contributed by atoms with Crippen LogP contribution in [0.25, 0.3) is 11.4 Å². The third-order valence-electron chi connectivity index (χ3n) is 6.54. The summed E-state index contributed by atoms with van der Waals surface area (Å²) in [5.41, 5.74) is 2.32. The fourth-order valence-electron chi connectivity index (χ4n) is 4.58. The highest BCUT2D eigenvalue weighted by Gasteiger charge is 2.42. The molecule has 4 rings (SSSR count). The third kappa shape index (κ3) is 4.08. The van der Waals surface area contributed by atoms with Crippen molar-refractivity contribution >= 4 is 11.5 Å². The number of carbonyl (C=O) groups excluding carboxylic acids is 1. The number of benzene rings is 1. The van der Waals surface area contributed by atoms with Gasteiger partial charge in [0.15, 0.2) is 5.69 Å². The van der Waals surface area contributed by atoms with Crippen LogP contribution in [0.15, 0.2) is 60.4 Å². The van der Waals surface area contributed by atoms with Gasteiger partial charge in [0.2, 0.25) is 0 Å². The van der Waals surface area contributed by atoms with E-state index in [1.165, 1.54) is 11.6 Å². The Bertz CT molecular complexity index is 1290. The van der Waals surface area contributed by atoms with Crippen LogP contribution < -0.4 is 0 Å². The lowest BCUT2D eigenvalue weighted by Crippen LogP contribution is -2.32. The Morgan fingerprint density at radius 1 is 1.21 bits per heavy atom. The fraction of sp³-hybridized carbons (Fsp3) is 0.308. The van der Waals surface area contributed by atoms with Crippen molar-refractivity contribution in [3.05, 3.63) is 83.0 Å². The average molecular weight is 467 g/mol. The molecule has 5 nitrogen and oxygen atoms in total. The first-order chi connectivity index (χ1) is 16.1. The minimum absolute atomic E-state index is 0.0162. The summed E-state index contributed by atoms with van der Waals surface area (Å²) in [6.45, 7) is 3.53. The summed E-state index contributed by atoms with van der Waals surface area (Å²) in [7, 11) is 1.52. The Hall–Kier alpha value is -3.55. The van der Waals surface area contributed by atoms with E-state index in [1.54, 1.807) is 43.5 Å². The molecule has 0 bridgehead atoms. The maximum atomic E-state index is 13.0. The topological polar surface area (TPSA) is 71.6 Å². The number of alkyl halides is 3. The molecule has 176 valence electrons. The third-order valence-corrected chi connectivity index (χ3v) is 6.54. The highest BCUT2D eigenvalue weighted by atomic mass is 19.4. The Morgan fingerprint density at radius 3 is 2.50 bits per heavy atom. The van der Waals surface area contributed by atoms with Crippen LogP contribution in [-0.2, 0) is 29.9 Å². The molecular weight excluding hydrogens is 441 g/mol. The van der Waals surface area contributed by atoms with E-state index in [4.69, 9.17) is 5.41 Å². The number of ketones is 1. The zero-order valence-electron chi connectivity index (χ0n) is 19.2. The van der Waals surface area contributed by atoms with E-state index in [0.29, 0.717) is 30.5 Å². The minimum atomic E-state index is -4.52. The van der Waals surface area contributed by atoms with E-state index in [9.17, 15) is 18.0 Å². The van der Waals surface area contributed by atoms with Crippen molar-refractivity contribution in [2.75, 3.05) is 0 Å². The number of imidazole rings is 1. The first-order valence-corrected chi connectivity index (χ1v) is 11.0. The quantitative estimate of drug-likeness (QED) is 0.475. The minimum Gasteiger partial charge on any atom is -0.333 e. The van der Waals surface area contributed by atoms with Crippen LogP contribution in [0.4, 0.5) is 13.2 Å². The predicted octanol–water partition coefficient (Wildman–Crippen LogP) is 5.68. The van der Waals surface area contributed by atoms with Crippen molar-refractivity contribution < 1.29 is 18.0 Å². The fourth-order valence-corrected chi connectivity index (χ4v) is 4.58. The summed E-state index contributed by atoms with van der Waals surface area (Å²) in [6.07, 6.45) is 1.64. The largest absolute Gasteiger partial charge is 0.434 e. The number of allylic oxidation sites excluding steroid dienone is 2. The summed E-state index contributed by atoms with van der Waals surface area (Å²) in [5, 5.41) is 8.75. The molecule has 1 N–H and O–H groups in total. The maximum Gasteiger partial charge on any atom is 0.434 e. The van der Waals surface area contributed by atoms with E-state index < -0.39 is 17.3 Å². The highest BCUT2D eigenvalue weighted by Crippen LogP contribution is 2.43. The van der Waals surface area contributed by atoms with Gasteiger partial charge in [-0.2, -0.15) is 13.2 Å². The van der Waals surface area contributed by atoms with Crippen LogP contribution >= 0.6 is 0 Å². The zero-order chi connectivity index (χ0) is 24.7. The molecule has 2 aromatic heterocycles. The number of pyridine rings is 1. The molecule has 1 aliphatic rings. The smallest absolute Gasteiger partial charge is 0.333 e. The van der Waals surface area contributed by atoms with E-state index in [-0.39, 0.29) is 11.6 Å². The van der Waals surface area contributed by atoms with Crippen molar-refractivity contribution in [1.29, 1.82) is 5.41 Å². The lowest BCUT2D eigenvalue weighted by molar-refractivity contribution is -0.140. The molecule has 34 heavy (non-hydrogen) atoms. The van der Waals surface area contributed by atoms with Gasteiger partial charge in [0.25, 0.3) is 0 Å². The average Bonchev–Trinajstić information content (AvgIpc) is 3.44. The van der Waals surface area contributed by atoms with Gasteiger partial charge in [0, 0.05) is 36.3 Å². The van der Waals surface area contributed by atoms with Gasteiger partial charge >= 0.3 is 6.18 Å². The molecule has 0 amide bonds. The number of halogens is 3. The molecule has 0 saturated heterocycles. The molecule has 0 radical (unpaired) electrons. The molecule has 1 aromatic carbocycles. The number of carbonyl (C=O) groups is 1. The summed E-state index contributed by atoms with van der Waals surface area (Å²) < 4.78 is 40.5. The highest BCUT2D eigenvalue weighted by molar-refractivity contribution is 6.12. The summed E-state index contributed by atoms with van der Waals surface area (Å²) in [5.74, 6) is 0.184. The second-order valence-corrected chi connectivity index (χ2v) is 8.61. The molecule has 3 aromatic rings. The molecule has 0 fully saturated rings. The Morgan fingerprint density at radius 2 is 1.91 bits per heavy atom. The summed E-state index contributed by atoms with van der Waals surface area (Å²) in [4.78, 5) is 21.0. The van der Waals surface area contributed by atoms with Crippen molar-refractivity contribution in [3.8, 4) is 11.4 Å². The molecule has 0 aliphatic heterocycles. The SMILES string of the molecule is CCc1ncccc1C(=N)C1=CCC(C(C)=O)(c2ccc(-c3nc(C(F)(F)F)cn3C)cc2)C1. The van der Waals surface area contributed by atoms with Gasteiger partial charge in [0.1, 0.15) is 11.6 Å². The Balaban J connectivity index is 1.63. The standard InChI is InChI=1S/C26H25F3N4O/c1-4-21-20(6-5-13-31-21)23(30)18-11-12-25(14-18,16(2)34)19-9-7-17(8-10-19)24-32-22(15-33(24)3)26(27,28)29/h5-11,13,15,30H,4,12,14H2,1-3H3. The molecule has 8 heteroatoms. The van der Waals surface area contributed by atoms with Crippen LogP contribution in [0.3, 0.4) is 0 Å².